The summed E-state index contributed by atoms with van der Waals surface area (Å²) in [6.07, 6.45) is 2.49. The molecule has 1 saturated heterocycles. The Morgan fingerprint density at radius 3 is 2.70 bits per heavy atom. The van der Waals surface area contributed by atoms with E-state index in [0.29, 0.717) is 12.1 Å². The molecule has 0 aliphatic carbocycles. The second kappa shape index (κ2) is 7.58. The fraction of sp³-hybridized carbons (Fsp3) is 0.647. The van der Waals surface area contributed by atoms with Crippen molar-refractivity contribution in [3.63, 3.8) is 0 Å². The van der Waals surface area contributed by atoms with Crippen molar-refractivity contribution in [3.05, 3.63) is 34.3 Å². The van der Waals surface area contributed by atoms with Crippen LogP contribution in [-0.4, -0.2) is 30.1 Å². The molecule has 3 atom stereocenters. The number of benzene rings is 1. The summed E-state index contributed by atoms with van der Waals surface area (Å²) < 4.78 is 1.16. The Balaban J connectivity index is 2.04. The van der Waals surface area contributed by atoms with Gasteiger partial charge in [0.2, 0.25) is 0 Å². The van der Waals surface area contributed by atoms with Crippen LogP contribution >= 0.6 is 15.9 Å². The summed E-state index contributed by atoms with van der Waals surface area (Å²) in [5.41, 5.74) is 1.41. The molecule has 1 N–H and O–H groups in total. The van der Waals surface area contributed by atoms with Crippen LogP contribution in [0.5, 0.6) is 0 Å². The Labute approximate surface area is 132 Å². The van der Waals surface area contributed by atoms with Crippen LogP contribution in [0, 0.1) is 5.92 Å². The van der Waals surface area contributed by atoms with E-state index >= 15 is 0 Å². The van der Waals surface area contributed by atoms with Crippen LogP contribution in [0.15, 0.2) is 28.7 Å². The van der Waals surface area contributed by atoms with E-state index in [2.05, 4.69) is 71.2 Å². The zero-order valence-electron chi connectivity index (χ0n) is 12.9. The summed E-state index contributed by atoms with van der Waals surface area (Å²) in [5, 5.41) is 3.74. The van der Waals surface area contributed by atoms with E-state index < -0.39 is 0 Å². The molecule has 0 spiro atoms. The molecule has 20 heavy (non-hydrogen) atoms. The fourth-order valence-electron chi connectivity index (χ4n) is 2.87. The molecule has 1 fully saturated rings. The molecule has 1 heterocycles. The normalized spacial score (nSPS) is 26.2. The minimum absolute atomic E-state index is 0.625. The number of hydrogen-bond acceptors (Lipinski definition) is 2. The van der Waals surface area contributed by atoms with Crippen LogP contribution in [0.4, 0.5) is 0 Å². The minimum Gasteiger partial charge on any atom is -0.312 e. The predicted octanol–water partition coefficient (Wildman–Crippen LogP) is 4.05. The SMILES string of the molecule is CCC(C)C1CN(Cc2ccc(Br)cc2)C(C)CCN1. The number of rotatable bonds is 4. The molecule has 112 valence electrons. The minimum atomic E-state index is 0.625. The lowest BCUT2D eigenvalue weighted by Crippen LogP contribution is -2.43. The second-order valence-electron chi connectivity index (χ2n) is 6.14. The average molecular weight is 339 g/mol. The van der Waals surface area contributed by atoms with Crippen LogP contribution in [0.2, 0.25) is 0 Å². The highest BCUT2D eigenvalue weighted by molar-refractivity contribution is 9.10. The van der Waals surface area contributed by atoms with Crippen molar-refractivity contribution in [1.82, 2.24) is 10.2 Å². The Bertz CT molecular complexity index is 404. The summed E-state index contributed by atoms with van der Waals surface area (Å²) >= 11 is 3.51. The summed E-state index contributed by atoms with van der Waals surface area (Å²) in [6, 6.07) is 10.0. The van der Waals surface area contributed by atoms with Crippen LogP contribution in [0.25, 0.3) is 0 Å². The maximum Gasteiger partial charge on any atom is 0.0237 e. The zero-order chi connectivity index (χ0) is 14.5. The number of nitrogens with one attached hydrogen (secondary N) is 1. The Hall–Kier alpha value is -0.380. The molecule has 3 heteroatoms. The maximum atomic E-state index is 3.74. The Kier molecular flexibility index (Phi) is 6.06. The molecule has 2 nitrogen and oxygen atoms in total. The monoisotopic (exact) mass is 338 g/mol. The largest absolute Gasteiger partial charge is 0.312 e. The number of hydrogen-bond donors (Lipinski definition) is 1. The van der Waals surface area contributed by atoms with Crippen LogP contribution in [0.1, 0.15) is 39.2 Å². The molecular weight excluding hydrogens is 312 g/mol. The van der Waals surface area contributed by atoms with Gasteiger partial charge in [0, 0.05) is 29.6 Å². The van der Waals surface area contributed by atoms with Gasteiger partial charge >= 0.3 is 0 Å². The topological polar surface area (TPSA) is 15.3 Å². The van der Waals surface area contributed by atoms with Gasteiger partial charge in [0.25, 0.3) is 0 Å². The van der Waals surface area contributed by atoms with Gasteiger partial charge in [-0.25, -0.2) is 0 Å². The van der Waals surface area contributed by atoms with Crippen molar-refractivity contribution in [2.45, 2.75) is 52.2 Å². The zero-order valence-corrected chi connectivity index (χ0v) is 14.5. The molecule has 2 rings (SSSR count). The van der Waals surface area contributed by atoms with E-state index in [4.69, 9.17) is 0 Å². The van der Waals surface area contributed by atoms with Crippen molar-refractivity contribution in [2.75, 3.05) is 13.1 Å². The van der Waals surface area contributed by atoms with Crippen LogP contribution in [-0.2, 0) is 6.54 Å². The lowest BCUT2D eigenvalue weighted by molar-refractivity contribution is 0.180. The molecule has 1 aliphatic heterocycles. The quantitative estimate of drug-likeness (QED) is 0.890. The first-order valence-corrected chi connectivity index (χ1v) is 8.61. The first kappa shape index (κ1) is 16.0. The van der Waals surface area contributed by atoms with Gasteiger partial charge in [-0.3, -0.25) is 4.90 Å². The summed E-state index contributed by atoms with van der Waals surface area (Å²) in [6.45, 7) is 10.4. The van der Waals surface area contributed by atoms with Gasteiger partial charge in [0.05, 0.1) is 0 Å². The molecule has 1 aromatic rings. The van der Waals surface area contributed by atoms with Gasteiger partial charge in [-0.05, 0) is 43.5 Å². The van der Waals surface area contributed by atoms with Gasteiger partial charge in [-0.15, -0.1) is 0 Å². The van der Waals surface area contributed by atoms with Gasteiger partial charge in [-0.2, -0.15) is 0 Å². The van der Waals surface area contributed by atoms with Gasteiger partial charge in [-0.1, -0.05) is 48.3 Å². The molecule has 0 bridgehead atoms. The van der Waals surface area contributed by atoms with E-state index in [1.807, 2.05) is 0 Å². The molecule has 0 saturated carbocycles. The van der Waals surface area contributed by atoms with E-state index in [-0.39, 0.29) is 0 Å². The van der Waals surface area contributed by atoms with Crippen molar-refractivity contribution in [1.29, 1.82) is 0 Å². The summed E-state index contributed by atoms with van der Waals surface area (Å²) in [5.74, 6) is 0.743. The molecular formula is C17H27BrN2. The highest BCUT2D eigenvalue weighted by Gasteiger charge is 2.25. The average Bonchev–Trinajstić information content (AvgIpc) is 2.63. The third kappa shape index (κ3) is 4.31. The lowest BCUT2D eigenvalue weighted by atomic mass is 9.98. The number of nitrogens with zero attached hydrogens (tertiary/aromatic N) is 1. The molecule has 0 radical (unpaired) electrons. The third-order valence-electron chi connectivity index (χ3n) is 4.65. The van der Waals surface area contributed by atoms with E-state index in [1.54, 1.807) is 0 Å². The van der Waals surface area contributed by atoms with Crippen LogP contribution in [0.3, 0.4) is 0 Å². The van der Waals surface area contributed by atoms with E-state index in [0.717, 1.165) is 30.0 Å². The van der Waals surface area contributed by atoms with Gasteiger partial charge in [0.15, 0.2) is 0 Å². The fourth-order valence-corrected chi connectivity index (χ4v) is 3.13. The first-order chi connectivity index (χ1) is 9.60. The van der Waals surface area contributed by atoms with Crippen molar-refractivity contribution in [3.8, 4) is 0 Å². The maximum absolute atomic E-state index is 3.74. The number of halogens is 1. The first-order valence-electron chi connectivity index (χ1n) is 7.82. The summed E-state index contributed by atoms with van der Waals surface area (Å²) in [4.78, 5) is 2.64. The molecule has 0 aromatic heterocycles. The molecule has 3 unspecified atom stereocenters. The molecule has 1 aliphatic rings. The van der Waals surface area contributed by atoms with E-state index in [9.17, 15) is 0 Å². The van der Waals surface area contributed by atoms with Crippen molar-refractivity contribution < 1.29 is 0 Å². The predicted molar refractivity (Wildman–Crippen MR) is 89.9 cm³/mol. The molecule has 1 aromatic carbocycles. The van der Waals surface area contributed by atoms with Gasteiger partial charge in [0.1, 0.15) is 0 Å². The Morgan fingerprint density at radius 1 is 1.35 bits per heavy atom. The summed E-state index contributed by atoms with van der Waals surface area (Å²) in [7, 11) is 0. The highest BCUT2D eigenvalue weighted by atomic mass is 79.9. The standard InChI is InChI=1S/C17H27BrN2/c1-4-13(2)17-12-20(14(3)9-10-19-17)11-15-5-7-16(18)8-6-15/h5-8,13-14,17,19H,4,9-12H2,1-3H3. The van der Waals surface area contributed by atoms with Gasteiger partial charge < -0.3 is 5.32 Å². The third-order valence-corrected chi connectivity index (χ3v) is 5.18. The second-order valence-corrected chi connectivity index (χ2v) is 7.06. The Morgan fingerprint density at radius 2 is 2.05 bits per heavy atom. The van der Waals surface area contributed by atoms with E-state index in [1.165, 1.54) is 18.4 Å². The lowest BCUT2D eigenvalue weighted by Gasteiger charge is -2.31. The van der Waals surface area contributed by atoms with Crippen LogP contribution < -0.4 is 5.32 Å². The molecule has 0 amide bonds. The smallest absolute Gasteiger partial charge is 0.0237 e. The van der Waals surface area contributed by atoms with Crippen molar-refractivity contribution in [2.24, 2.45) is 5.92 Å². The van der Waals surface area contributed by atoms with Crippen molar-refractivity contribution >= 4 is 15.9 Å². The highest BCUT2D eigenvalue weighted by Crippen LogP contribution is 2.19.